The van der Waals surface area contributed by atoms with E-state index in [4.69, 9.17) is 5.11 Å². The number of hydrogen-bond acceptors (Lipinski definition) is 4. The van der Waals surface area contributed by atoms with Gasteiger partial charge in [0.25, 0.3) is 5.91 Å². The molecule has 0 saturated heterocycles. The van der Waals surface area contributed by atoms with Crippen LogP contribution < -0.4 is 5.32 Å². The summed E-state index contributed by atoms with van der Waals surface area (Å²) in [6.45, 7) is 0.933. The summed E-state index contributed by atoms with van der Waals surface area (Å²) in [5, 5.41) is 10.5. The first-order valence-corrected chi connectivity index (χ1v) is 5.78. The number of carboxylic acid groups (broad SMARTS) is 1. The monoisotopic (exact) mass is 258 g/mol. The van der Waals surface area contributed by atoms with Crippen molar-refractivity contribution in [2.75, 3.05) is 20.3 Å². The second-order valence-corrected chi connectivity index (χ2v) is 4.43. The van der Waals surface area contributed by atoms with Gasteiger partial charge in [-0.1, -0.05) is 0 Å². The summed E-state index contributed by atoms with van der Waals surface area (Å²) < 4.78 is 4.58. The highest BCUT2D eigenvalue weighted by Gasteiger charge is 2.32. The molecule has 102 valence electrons. The third kappa shape index (κ3) is 4.70. The van der Waals surface area contributed by atoms with Gasteiger partial charge in [0.15, 0.2) is 0 Å². The minimum absolute atomic E-state index is 0.0951. The zero-order valence-electron chi connectivity index (χ0n) is 10.5. The van der Waals surface area contributed by atoms with E-state index in [2.05, 4.69) is 10.1 Å². The summed E-state index contributed by atoms with van der Waals surface area (Å²) in [5.74, 6) is -1.29. The number of hydrogen-bond donors (Lipinski definition) is 2. The van der Waals surface area contributed by atoms with Crippen LogP contribution >= 0.6 is 0 Å². The molecule has 1 saturated carbocycles. The lowest BCUT2D eigenvalue weighted by molar-refractivity contribution is -0.143. The van der Waals surface area contributed by atoms with Crippen molar-refractivity contribution in [2.45, 2.75) is 25.8 Å². The number of imide groups is 1. The lowest BCUT2D eigenvalue weighted by Crippen LogP contribution is -2.46. The van der Waals surface area contributed by atoms with Gasteiger partial charge >= 0.3 is 12.0 Å². The Bertz CT molecular complexity index is 340. The molecule has 0 aliphatic heterocycles. The number of carbonyl (C=O) groups is 3. The summed E-state index contributed by atoms with van der Waals surface area (Å²) in [6.07, 6.45) is 2.21. The molecular weight excluding hydrogens is 240 g/mol. The van der Waals surface area contributed by atoms with E-state index in [-0.39, 0.29) is 6.04 Å². The Morgan fingerprint density at radius 3 is 2.50 bits per heavy atom. The van der Waals surface area contributed by atoms with Crippen molar-refractivity contribution in [3.8, 4) is 0 Å². The normalized spacial score (nSPS) is 15.9. The van der Waals surface area contributed by atoms with Gasteiger partial charge in [-0.25, -0.2) is 9.59 Å². The molecule has 0 heterocycles. The van der Waals surface area contributed by atoms with E-state index in [0.717, 1.165) is 12.8 Å². The average Bonchev–Trinajstić information content (AvgIpc) is 3.10. The van der Waals surface area contributed by atoms with Gasteiger partial charge in [0.1, 0.15) is 13.2 Å². The van der Waals surface area contributed by atoms with E-state index in [9.17, 15) is 14.4 Å². The molecule has 0 aromatic heterocycles. The van der Waals surface area contributed by atoms with E-state index in [0.29, 0.717) is 5.92 Å². The fourth-order valence-electron chi connectivity index (χ4n) is 1.55. The number of carboxylic acids is 1. The predicted octanol–water partition coefficient (Wildman–Crippen LogP) is 0.0541. The van der Waals surface area contributed by atoms with Gasteiger partial charge in [-0.3, -0.25) is 10.1 Å². The Morgan fingerprint density at radius 1 is 1.39 bits per heavy atom. The summed E-state index contributed by atoms with van der Waals surface area (Å²) in [5.41, 5.74) is 0. The second-order valence-electron chi connectivity index (χ2n) is 4.43. The van der Waals surface area contributed by atoms with Crippen LogP contribution in [0.15, 0.2) is 0 Å². The van der Waals surface area contributed by atoms with E-state index >= 15 is 0 Å². The Morgan fingerprint density at radius 2 is 2.00 bits per heavy atom. The molecule has 2 N–H and O–H groups in total. The van der Waals surface area contributed by atoms with Crippen LogP contribution in [0.3, 0.4) is 0 Å². The van der Waals surface area contributed by atoms with Gasteiger partial charge in [-0.15, -0.1) is 0 Å². The number of ether oxygens (including phenoxy) is 1. The number of urea groups is 1. The summed E-state index contributed by atoms with van der Waals surface area (Å²) >= 11 is 0. The van der Waals surface area contributed by atoms with E-state index in [1.165, 1.54) is 4.90 Å². The van der Waals surface area contributed by atoms with Gasteiger partial charge in [0.05, 0.1) is 0 Å². The predicted molar refractivity (Wildman–Crippen MR) is 61.9 cm³/mol. The van der Waals surface area contributed by atoms with Gasteiger partial charge in [0, 0.05) is 13.1 Å². The molecule has 3 amide bonds. The lowest BCUT2D eigenvalue weighted by atomic mass is 10.2. The van der Waals surface area contributed by atoms with Crippen LogP contribution in [0.25, 0.3) is 0 Å². The van der Waals surface area contributed by atoms with Gasteiger partial charge in [0.2, 0.25) is 0 Å². The SMILES string of the molecule is CC(C1CC1)N(C)C(=O)NC(=O)COCC(=O)O. The highest BCUT2D eigenvalue weighted by molar-refractivity contribution is 5.95. The topological polar surface area (TPSA) is 95.9 Å². The minimum Gasteiger partial charge on any atom is -0.480 e. The minimum atomic E-state index is -1.16. The summed E-state index contributed by atoms with van der Waals surface area (Å²) in [7, 11) is 1.63. The zero-order valence-corrected chi connectivity index (χ0v) is 10.5. The summed E-state index contributed by atoms with van der Waals surface area (Å²) in [4.78, 5) is 34.5. The van der Waals surface area contributed by atoms with E-state index in [1.807, 2.05) is 6.92 Å². The van der Waals surface area contributed by atoms with E-state index < -0.39 is 31.1 Å². The molecule has 1 atom stereocenters. The first-order valence-electron chi connectivity index (χ1n) is 5.78. The van der Waals surface area contributed by atoms with Gasteiger partial charge < -0.3 is 14.7 Å². The largest absolute Gasteiger partial charge is 0.480 e. The van der Waals surface area contributed by atoms with Gasteiger partial charge in [-0.2, -0.15) is 0 Å². The van der Waals surface area contributed by atoms with Crippen LogP contribution in [0.2, 0.25) is 0 Å². The highest BCUT2D eigenvalue weighted by Crippen LogP contribution is 2.34. The molecule has 0 bridgehead atoms. The first kappa shape index (κ1) is 14.4. The standard InChI is InChI=1S/C11H18N2O5/c1-7(8-3-4-8)13(2)11(17)12-9(14)5-18-6-10(15)16/h7-8H,3-6H2,1-2H3,(H,15,16)(H,12,14,17). The van der Waals surface area contributed by atoms with Crippen molar-refractivity contribution in [3.63, 3.8) is 0 Å². The Hall–Kier alpha value is -1.63. The summed E-state index contributed by atoms with van der Waals surface area (Å²) in [6, 6.07) is -0.393. The average molecular weight is 258 g/mol. The van der Waals surface area contributed by atoms with Crippen molar-refractivity contribution in [3.05, 3.63) is 0 Å². The number of rotatable bonds is 6. The molecule has 0 radical (unpaired) electrons. The smallest absolute Gasteiger partial charge is 0.329 e. The van der Waals surface area contributed by atoms with Crippen molar-refractivity contribution in [1.82, 2.24) is 10.2 Å². The number of nitrogens with one attached hydrogen (secondary N) is 1. The molecule has 1 aliphatic carbocycles. The molecule has 1 fully saturated rings. The maximum Gasteiger partial charge on any atom is 0.329 e. The van der Waals surface area contributed by atoms with Crippen LogP contribution in [-0.2, 0) is 14.3 Å². The second kappa shape index (κ2) is 6.34. The number of nitrogens with zero attached hydrogens (tertiary/aromatic N) is 1. The van der Waals surface area contributed by atoms with Gasteiger partial charge in [-0.05, 0) is 25.7 Å². The van der Waals surface area contributed by atoms with E-state index in [1.54, 1.807) is 7.05 Å². The zero-order chi connectivity index (χ0) is 13.7. The molecule has 0 aromatic carbocycles. The number of carbonyl (C=O) groups excluding carboxylic acids is 2. The molecule has 7 nitrogen and oxygen atoms in total. The van der Waals surface area contributed by atoms with Crippen molar-refractivity contribution >= 4 is 17.9 Å². The maximum atomic E-state index is 11.6. The maximum absolute atomic E-state index is 11.6. The van der Waals surface area contributed by atoms with Crippen molar-refractivity contribution in [1.29, 1.82) is 0 Å². The quantitative estimate of drug-likeness (QED) is 0.702. The van der Waals surface area contributed by atoms with Crippen LogP contribution in [-0.4, -0.2) is 54.2 Å². The van der Waals surface area contributed by atoms with Crippen molar-refractivity contribution < 1.29 is 24.2 Å². The third-order valence-corrected chi connectivity index (χ3v) is 2.94. The Kier molecular flexibility index (Phi) is 5.08. The third-order valence-electron chi connectivity index (χ3n) is 2.94. The highest BCUT2D eigenvalue weighted by atomic mass is 16.5. The molecule has 18 heavy (non-hydrogen) atoms. The molecule has 1 aliphatic rings. The molecule has 1 unspecified atom stereocenters. The van der Waals surface area contributed by atoms with Crippen LogP contribution in [0.4, 0.5) is 4.79 Å². The van der Waals surface area contributed by atoms with Crippen molar-refractivity contribution in [2.24, 2.45) is 5.92 Å². The lowest BCUT2D eigenvalue weighted by Gasteiger charge is -2.24. The molecular formula is C11H18N2O5. The van der Waals surface area contributed by atoms with Crippen LogP contribution in [0.1, 0.15) is 19.8 Å². The number of aliphatic carboxylic acids is 1. The first-order chi connectivity index (χ1) is 8.41. The molecule has 0 spiro atoms. The fourth-order valence-corrected chi connectivity index (χ4v) is 1.55. The number of amides is 3. The Balaban J connectivity index is 2.25. The molecule has 7 heteroatoms. The fraction of sp³-hybridized carbons (Fsp3) is 0.727. The Labute approximate surface area is 105 Å². The molecule has 0 aromatic rings. The molecule has 1 rings (SSSR count). The van der Waals surface area contributed by atoms with Crippen LogP contribution in [0, 0.1) is 5.92 Å². The van der Waals surface area contributed by atoms with Crippen LogP contribution in [0.5, 0.6) is 0 Å².